The van der Waals surface area contributed by atoms with Crippen molar-refractivity contribution in [2.45, 2.75) is 25.0 Å². The van der Waals surface area contributed by atoms with Crippen molar-refractivity contribution in [3.05, 3.63) is 0 Å². The van der Waals surface area contributed by atoms with E-state index >= 15 is 0 Å². The average Bonchev–Trinajstić information content (AvgIpc) is 1.65. The van der Waals surface area contributed by atoms with Gasteiger partial charge in [0.05, 0.1) is 6.10 Å². The molecule has 7 heavy (non-hydrogen) atoms. The van der Waals surface area contributed by atoms with E-state index in [4.69, 9.17) is 4.74 Å². The second kappa shape index (κ2) is 1.80. The van der Waals surface area contributed by atoms with Gasteiger partial charge in [0.1, 0.15) is 6.10 Å². The van der Waals surface area contributed by atoms with Gasteiger partial charge in [-0.25, -0.2) is 5.11 Å². The smallest absolute Gasteiger partial charge is 0.119 e. The molecule has 1 saturated carbocycles. The summed E-state index contributed by atoms with van der Waals surface area (Å²) in [6.07, 6.45) is 1.37. The summed E-state index contributed by atoms with van der Waals surface area (Å²) in [7, 11) is 1.59. The number of ether oxygens (including phenoxy) is 1. The van der Waals surface area contributed by atoms with E-state index in [9.17, 15) is 5.11 Å². The van der Waals surface area contributed by atoms with Crippen LogP contribution in [-0.2, 0) is 9.84 Å². The number of methoxy groups -OCH3 is 1. The van der Waals surface area contributed by atoms with Gasteiger partial charge >= 0.3 is 0 Å². The van der Waals surface area contributed by atoms with E-state index in [0.717, 1.165) is 12.8 Å². The molecule has 0 aromatic rings. The highest BCUT2D eigenvalue weighted by Gasteiger charge is 2.29. The summed E-state index contributed by atoms with van der Waals surface area (Å²) >= 11 is 0. The molecular formula is C5H9O2. The molecule has 0 amide bonds. The zero-order valence-electron chi connectivity index (χ0n) is 4.39. The molecule has 2 unspecified atom stereocenters. The van der Waals surface area contributed by atoms with Gasteiger partial charge in [-0.3, -0.25) is 0 Å². The maximum Gasteiger partial charge on any atom is 0.119 e. The summed E-state index contributed by atoms with van der Waals surface area (Å²) < 4.78 is 4.79. The Kier molecular flexibility index (Phi) is 1.30. The van der Waals surface area contributed by atoms with E-state index in [1.165, 1.54) is 0 Å². The second-order valence-electron chi connectivity index (χ2n) is 1.89. The first-order valence-corrected chi connectivity index (χ1v) is 2.53. The summed E-state index contributed by atoms with van der Waals surface area (Å²) in [6, 6.07) is 0. The Morgan fingerprint density at radius 1 is 1.57 bits per heavy atom. The van der Waals surface area contributed by atoms with Crippen LogP contribution in [-0.4, -0.2) is 19.3 Å². The fourth-order valence-electron chi connectivity index (χ4n) is 0.708. The topological polar surface area (TPSA) is 29.1 Å². The van der Waals surface area contributed by atoms with Crippen LogP contribution in [0.5, 0.6) is 0 Å². The Morgan fingerprint density at radius 3 is 2.29 bits per heavy atom. The van der Waals surface area contributed by atoms with Gasteiger partial charge in [0, 0.05) is 7.11 Å². The van der Waals surface area contributed by atoms with E-state index in [-0.39, 0.29) is 6.10 Å². The Hall–Kier alpha value is -0.0800. The highest BCUT2D eigenvalue weighted by Crippen LogP contribution is 2.22. The average molecular weight is 101 g/mol. The number of hydrogen-bond donors (Lipinski definition) is 0. The van der Waals surface area contributed by atoms with Crippen LogP contribution >= 0.6 is 0 Å². The molecule has 1 aliphatic carbocycles. The predicted molar refractivity (Wildman–Crippen MR) is 24.5 cm³/mol. The molecule has 1 aliphatic rings. The van der Waals surface area contributed by atoms with Gasteiger partial charge in [-0.05, 0) is 12.8 Å². The SMILES string of the molecule is COC1CCC1[O]. The van der Waals surface area contributed by atoms with Crippen molar-refractivity contribution >= 4 is 0 Å². The molecule has 1 fully saturated rings. The van der Waals surface area contributed by atoms with Gasteiger partial charge in [-0.15, -0.1) is 0 Å². The first kappa shape index (κ1) is 5.06. The largest absolute Gasteiger partial charge is 0.379 e. The minimum atomic E-state index is -0.426. The molecule has 0 spiro atoms. The normalized spacial score (nSPS) is 40.3. The minimum absolute atomic E-state index is 0.0278. The van der Waals surface area contributed by atoms with Crippen LogP contribution in [0.4, 0.5) is 0 Å². The van der Waals surface area contributed by atoms with Gasteiger partial charge < -0.3 is 4.74 Å². The van der Waals surface area contributed by atoms with Gasteiger partial charge in [-0.2, -0.15) is 0 Å². The standard InChI is InChI=1S/C5H9O2/c1-7-5-3-2-4(5)6/h4-5H,2-3H2,1H3. The van der Waals surface area contributed by atoms with E-state index < -0.39 is 6.10 Å². The molecule has 0 aromatic carbocycles. The zero-order chi connectivity index (χ0) is 5.28. The third-order valence-corrected chi connectivity index (χ3v) is 1.45. The van der Waals surface area contributed by atoms with Crippen molar-refractivity contribution in [1.29, 1.82) is 0 Å². The molecule has 41 valence electrons. The third kappa shape index (κ3) is 0.763. The molecule has 0 heterocycles. The summed E-state index contributed by atoms with van der Waals surface area (Å²) in [5.41, 5.74) is 0. The quantitative estimate of drug-likeness (QED) is 0.475. The van der Waals surface area contributed by atoms with Crippen molar-refractivity contribution < 1.29 is 9.84 Å². The van der Waals surface area contributed by atoms with Gasteiger partial charge in [0.15, 0.2) is 0 Å². The lowest BCUT2D eigenvalue weighted by atomic mass is 9.92. The molecule has 0 saturated heterocycles. The Bertz CT molecular complexity index is 61.1. The van der Waals surface area contributed by atoms with Crippen molar-refractivity contribution in [1.82, 2.24) is 0 Å². The summed E-state index contributed by atoms with van der Waals surface area (Å²) in [5, 5.41) is 10.4. The minimum Gasteiger partial charge on any atom is -0.379 e. The molecule has 2 heteroatoms. The summed E-state index contributed by atoms with van der Waals surface area (Å²) in [5.74, 6) is 0. The monoisotopic (exact) mass is 101 g/mol. The molecule has 0 aromatic heterocycles. The second-order valence-corrected chi connectivity index (χ2v) is 1.89. The van der Waals surface area contributed by atoms with Crippen LogP contribution in [0.15, 0.2) is 0 Å². The molecule has 0 bridgehead atoms. The van der Waals surface area contributed by atoms with E-state index in [1.807, 2.05) is 0 Å². The highest BCUT2D eigenvalue weighted by atomic mass is 16.5. The van der Waals surface area contributed by atoms with Crippen LogP contribution in [0.3, 0.4) is 0 Å². The molecule has 2 nitrogen and oxygen atoms in total. The van der Waals surface area contributed by atoms with Crippen molar-refractivity contribution in [2.24, 2.45) is 0 Å². The fraction of sp³-hybridized carbons (Fsp3) is 1.00. The molecule has 1 rings (SSSR count). The van der Waals surface area contributed by atoms with Crippen molar-refractivity contribution in [3.63, 3.8) is 0 Å². The Labute approximate surface area is 43.1 Å². The maximum atomic E-state index is 10.4. The number of rotatable bonds is 1. The molecule has 2 atom stereocenters. The van der Waals surface area contributed by atoms with E-state index in [2.05, 4.69) is 0 Å². The predicted octanol–water partition coefficient (Wildman–Crippen LogP) is 0.594. The third-order valence-electron chi connectivity index (χ3n) is 1.45. The van der Waals surface area contributed by atoms with E-state index in [0.29, 0.717) is 0 Å². The van der Waals surface area contributed by atoms with Crippen LogP contribution in [0.25, 0.3) is 0 Å². The fourth-order valence-corrected chi connectivity index (χ4v) is 0.708. The summed E-state index contributed by atoms with van der Waals surface area (Å²) in [6.45, 7) is 0. The maximum absolute atomic E-state index is 10.4. The summed E-state index contributed by atoms with van der Waals surface area (Å²) in [4.78, 5) is 0. The van der Waals surface area contributed by atoms with Gasteiger partial charge in [0.25, 0.3) is 0 Å². The van der Waals surface area contributed by atoms with Crippen LogP contribution in [0, 0.1) is 0 Å². The zero-order valence-corrected chi connectivity index (χ0v) is 4.39. The molecule has 0 N–H and O–H groups in total. The van der Waals surface area contributed by atoms with Crippen LogP contribution in [0.1, 0.15) is 12.8 Å². The lowest BCUT2D eigenvalue weighted by molar-refractivity contribution is -0.109. The van der Waals surface area contributed by atoms with Crippen LogP contribution < -0.4 is 0 Å². The first-order chi connectivity index (χ1) is 3.34. The van der Waals surface area contributed by atoms with E-state index in [1.54, 1.807) is 7.11 Å². The van der Waals surface area contributed by atoms with Crippen LogP contribution in [0.2, 0.25) is 0 Å². The highest BCUT2D eigenvalue weighted by molar-refractivity contribution is 4.79. The van der Waals surface area contributed by atoms with Crippen molar-refractivity contribution in [2.75, 3.05) is 7.11 Å². The lowest BCUT2D eigenvalue weighted by Crippen LogP contribution is -2.36. The Balaban J connectivity index is 2.16. The van der Waals surface area contributed by atoms with Gasteiger partial charge in [-0.1, -0.05) is 0 Å². The first-order valence-electron chi connectivity index (χ1n) is 2.53. The number of hydrogen-bond acceptors (Lipinski definition) is 1. The molecular weight excluding hydrogens is 92.1 g/mol. The Morgan fingerprint density at radius 2 is 2.29 bits per heavy atom. The van der Waals surface area contributed by atoms with Crippen molar-refractivity contribution in [3.8, 4) is 0 Å². The van der Waals surface area contributed by atoms with Gasteiger partial charge in [0.2, 0.25) is 0 Å². The lowest BCUT2D eigenvalue weighted by Gasteiger charge is -2.28. The molecule has 0 aliphatic heterocycles. The molecule has 1 radical (unpaired) electrons.